The predicted molar refractivity (Wildman–Crippen MR) is 70.5 cm³/mol. The topological polar surface area (TPSA) is 44.8 Å². The first kappa shape index (κ1) is 13.8. The standard InChI is InChI=1S/C13H25N3O2/c1-2-8-18-9-3-13(17)16-6-4-15(5-7-16)12-10-14-11-12/h12,14H,2-11H2,1H3. The van der Waals surface area contributed by atoms with Gasteiger partial charge in [0.05, 0.1) is 13.0 Å². The number of rotatable bonds is 6. The second kappa shape index (κ2) is 7.07. The number of nitrogens with zero attached hydrogens (tertiary/aromatic N) is 2. The normalized spacial score (nSPS) is 21.9. The maximum absolute atomic E-state index is 11.9. The third-order valence-electron chi connectivity index (χ3n) is 3.75. The van der Waals surface area contributed by atoms with E-state index in [9.17, 15) is 4.79 Å². The number of ether oxygens (including phenoxy) is 1. The minimum Gasteiger partial charge on any atom is -0.381 e. The van der Waals surface area contributed by atoms with E-state index >= 15 is 0 Å². The Bertz CT molecular complexity index is 261. The zero-order valence-corrected chi connectivity index (χ0v) is 11.4. The van der Waals surface area contributed by atoms with Crippen LogP contribution in [-0.2, 0) is 9.53 Å². The van der Waals surface area contributed by atoms with Crippen LogP contribution in [0, 0.1) is 0 Å². The van der Waals surface area contributed by atoms with Gasteiger partial charge in [-0.2, -0.15) is 0 Å². The van der Waals surface area contributed by atoms with Crippen molar-refractivity contribution in [3.8, 4) is 0 Å². The van der Waals surface area contributed by atoms with Crippen LogP contribution in [0.4, 0.5) is 0 Å². The van der Waals surface area contributed by atoms with Gasteiger partial charge in [0, 0.05) is 51.9 Å². The lowest BCUT2D eigenvalue weighted by Crippen LogP contribution is -2.62. The van der Waals surface area contributed by atoms with E-state index in [0.717, 1.165) is 52.3 Å². The molecule has 1 N–H and O–H groups in total. The molecule has 2 heterocycles. The average Bonchev–Trinajstić information content (AvgIpc) is 2.33. The number of nitrogens with one attached hydrogen (secondary N) is 1. The molecule has 2 fully saturated rings. The van der Waals surface area contributed by atoms with Crippen molar-refractivity contribution in [1.29, 1.82) is 0 Å². The van der Waals surface area contributed by atoms with Crippen LogP contribution in [0.1, 0.15) is 19.8 Å². The second-order valence-corrected chi connectivity index (χ2v) is 5.09. The van der Waals surface area contributed by atoms with Crippen LogP contribution in [0.3, 0.4) is 0 Å². The van der Waals surface area contributed by atoms with E-state index in [2.05, 4.69) is 17.1 Å². The summed E-state index contributed by atoms with van der Waals surface area (Å²) in [7, 11) is 0. The molecule has 0 saturated carbocycles. The molecule has 0 atom stereocenters. The summed E-state index contributed by atoms with van der Waals surface area (Å²) in [5, 5.41) is 3.29. The van der Waals surface area contributed by atoms with E-state index in [0.29, 0.717) is 19.1 Å². The van der Waals surface area contributed by atoms with E-state index in [1.54, 1.807) is 0 Å². The van der Waals surface area contributed by atoms with Gasteiger partial charge in [0.1, 0.15) is 0 Å². The van der Waals surface area contributed by atoms with Crippen LogP contribution in [0.15, 0.2) is 0 Å². The third kappa shape index (κ3) is 3.67. The molecule has 0 spiro atoms. The highest BCUT2D eigenvalue weighted by atomic mass is 16.5. The summed E-state index contributed by atoms with van der Waals surface area (Å²) in [5.74, 6) is 0.248. The summed E-state index contributed by atoms with van der Waals surface area (Å²) in [6.45, 7) is 9.43. The molecule has 0 aromatic heterocycles. The molecular weight excluding hydrogens is 230 g/mol. The summed E-state index contributed by atoms with van der Waals surface area (Å²) in [6, 6.07) is 0.704. The Morgan fingerprint density at radius 1 is 1.22 bits per heavy atom. The lowest BCUT2D eigenvalue weighted by Gasteiger charge is -2.43. The smallest absolute Gasteiger partial charge is 0.224 e. The zero-order valence-electron chi connectivity index (χ0n) is 11.4. The highest BCUT2D eigenvalue weighted by Crippen LogP contribution is 2.10. The molecule has 2 saturated heterocycles. The zero-order chi connectivity index (χ0) is 12.8. The Balaban J connectivity index is 1.60. The Morgan fingerprint density at radius 2 is 1.94 bits per heavy atom. The molecule has 104 valence electrons. The molecule has 0 unspecified atom stereocenters. The molecule has 1 amide bonds. The minimum absolute atomic E-state index is 0.248. The fraction of sp³-hybridized carbons (Fsp3) is 0.923. The van der Waals surface area contributed by atoms with Crippen LogP contribution in [-0.4, -0.2) is 74.2 Å². The quantitative estimate of drug-likeness (QED) is 0.674. The number of hydrogen-bond acceptors (Lipinski definition) is 4. The molecule has 2 rings (SSSR count). The van der Waals surface area contributed by atoms with Gasteiger partial charge in [-0.05, 0) is 6.42 Å². The third-order valence-corrected chi connectivity index (χ3v) is 3.75. The Morgan fingerprint density at radius 3 is 2.50 bits per heavy atom. The van der Waals surface area contributed by atoms with Crippen molar-refractivity contribution >= 4 is 5.91 Å². The lowest BCUT2D eigenvalue weighted by molar-refractivity contribution is -0.134. The molecule has 0 aromatic rings. The van der Waals surface area contributed by atoms with Crippen LogP contribution < -0.4 is 5.32 Å². The molecular formula is C13H25N3O2. The fourth-order valence-electron chi connectivity index (χ4n) is 2.43. The van der Waals surface area contributed by atoms with Crippen LogP contribution in [0.5, 0.6) is 0 Å². The van der Waals surface area contributed by atoms with Crippen molar-refractivity contribution in [1.82, 2.24) is 15.1 Å². The molecule has 0 aliphatic carbocycles. The molecule has 18 heavy (non-hydrogen) atoms. The van der Waals surface area contributed by atoms with E-state index in [1.165, 1.54) is 0 Å². The van der Waals surface area contributed by atoms with Crippen molar-refractivity contribution in [2.75, 3.05) is 52.5 Å². The predicted octanol–water partition coefficient (Wildman–Crippen LogP) is -0.0809. The number of hydrogen-bond donors (Lipinski definition) is 1. The van der Waals surface area contributed by atoms with Crippen LogP contribution in [0.25, 0.3) is 0 Å². The first-order valence-electron chi connectivity index (χ1n) is 7.11. The SMILES string of the molecule is CCCOCCC(=O)N1CCN(C2CNC2)CC1. The Labute approximate surface area is 109 Å². The Hall–Kier alpha value is -0.650. The first-order valence-corrected chi connectivity index (χ1v) is 7.11. The molecule has 0 bridgehead atoms. The maximum atomic E-state index is 11.9. The average molecular weight is 255 g/mol. The molecule has 2 aliphatic heterocycles. The molecule has 5 heteroatoms. The lowest BCUT2D eigenvalue weighted by atomic mass is 10.1. The van der Waals surface area contributed by atoms with Crippen molar-refractivity contribution in [2.45, 2.75) is 25.8 Å². The number of piperazine rings is 1. The van der Waals surface area contributed by atoms with Crippen molar-refractivity contribution < 1.29 is 9.53 Å². The van der Waals surface area contributed by atoms with Gasteiger partial charge in [-0.3, -0.25) is 9.69 Å². The summed E-state index contributed by atoms with van der Waals surface area (Å²) in [4.78, 5) is 16.4. The first-order chi connectivity index (χ1) is 8.81. The highest BCUT2D eigenvalue weighted by molar-refractivity contribution is 5.76. The van der Waals surface area contributed by atoms with E-state index in [4.69, 9.17) is 4.74 Å². The van der Waals surface area contributed by atoms with Crippen molar-refractivity contribution in [3.63, 3.8) is 0 Å². The van der Waals surface area contributed by atoms with E-state index < -0.39 is 0 Å². The maximum Gasteiger partial charge on any atom is 0.224 e. The summed E-state index contributed by atoms with van der Waals surface area (Å²) >= 11 is 0. The van der Waals surface area contributed by atoms with Gasteiger partial charge in [0.15, 0.2) is 0 Å². The number of amides is 1. The largest absolute Gasteiger partial charge is 0.381 e. The molecule has 0 radical (unpaired) electrons. The van der Waals surface area contributed by atoms with E-state index in [-0.39, 0.29) is 5.91 Å². The highest BCUT2D eigenvalue weighted by Gasteiger charge is 2.28. The van der Waals surface area contributed by atoms with Gasteiger partial charge in [0.25, 0.3) is 0 Å². The summed E-state index contributed by atoms with van der Waals surface area (Å²) in [5.41, 5.74) is 0. The minimum atomic E-state index is 0.248. The molecule has 0 aromatic carbocycles. The number of carbonyl (C=O) groups excluding carboxylic acids is 1. The van der Waals surface area contributed by atoms with Gasteiger partial charge in [-0.1, -0.05) is 6.92 Å². The van der Waals surface area contributed by atoms with Gasteiger partial charge < -0.3 is 15.0 Å². The second-order valence-electron chi connectivity index (χ2n) is 5.09. The van der Waals surface area contributed by atoms with Crippen molar-refractivity contribution in [2.24, 2.45) is 0 Å². The van der Waals surface area contributed by atoms with E-state index in [1.807, 2.05) is 4.90 Å². The molecule has 5 nitrogen and oxygen atoms in total. The van der Waals surface area contributed by atoms with Gasteiger partial charge in [-0.25, -0.2) is 0 Å². The van der Waals surface area contributed by atoms with Crippen LogP contribution in [0.2, 0.25) is 0 Å². The van der Waals surface area contributed by atoms with Crippen molar-refractivity contribution in [3.05, 3.63) is 0 Å². The van der Waals surface area contributed by atoms with Crippen LogP contribution >= 0.6 is 0 Å². The Kier molecular flexibility index (Phi) is 5.41. The van der Waals surface area contributed by atoms with Gasteiger partial charge in [-0.15, -0.1) is 0 Å². The number of carbonyl (C=O) groups is 1. The van der Waals surface area contributed by atoms with Gasteiger partial charge in [0.2, 0.25) is 5.91 Å². The fourth-order valence-corrected chi connectivity index (χ4v) is 2.43. The summed E-state index contributed by atoms with van der Waals surface area (Å²) < 4.78 is 5.36. The van der Waals surface area contributed by atoms with Gasteiger partial charge >= 0.3 is 0 Å². The molecule has 2 aliphatic rings. The monoisotopic (exact) mass is 255 g/mol. The summed E-state index contributed by atoms with van der Waals surface area (Å²) in [6.07, 6.45) is 1.55.